The van der Waals surface area contributed by atoms with Crippen LogP contribution < -0.4 is 4.31 Å². The van der Waals surface area contributed by atoms with Crippen LogP contribution in [-0.2, 0) is 0 Å². The van der Waals surface area contributed by atoms with Crippen molar-refractivity contribution in [3.8, 4) is 0 Å². The Morgan fingerprint density at radius 3 is 2.50 bits per heavy atom. The Kier molecular flexibility index (Phi) is 5.00. The van der Waals surface area contributed by atoms with E-state index in [4.69, 9.17) is 11.6 Å². The van der Waals surface area contributed by atoms with Crippen molar-refractivity contribution in [2.75, 3.05) is 11.4 Å². The minimum atomic E-state index is -0.0748. The van der Waals surface area contributed by atoms with E-state index >= 15 is 0 Å². The molecule has 2 aromatic rings. The van der Waals surface area contributed by atoms with Gasteiger partial charge in [0.25, 0.3) is 0 Å². The van der Waals surface area contributed by atoms with Gasteiger partial charge in [0, 0.05) is 11.9 Å². The summed E-state index contributed by atoms with van der Waals surface area (Å²) in [5.74, 6) is 0. The number of anilines is 1. The first-order valence-corrected chi connectivity index (χ1v) is 8.13. The van der Waals surface area contributed by atoms with Crippen molar-refractivity contribution in [3.05, 3.63) is 59.2 Å². The molecule has 0 aliphatic carbocycles. The minimum Gasteiger partial charge on any atom is -0.315 e. The number of aryl methyl sites for hydroxylation is 1. The van der Waals surface area contributed by atoms with Gasteiger partial charge in [0.05, 0.1) is 11.1 Å². The van der Waals surface area contributed by atoms with Gasteiger partial charge in [-0.2, -0.15) is 0 Å². The summed E-state index contributed by atoms with van der Waals surface area (Å²) >= 11 is 8.40. The van der Waals surface area contributed by atoms with Crippen LogP contribution >= 0.6 is 23.5 Å². The molecule has 0 spiro atoms. The Bertz CT molecular complexity index is 597. The average molecular weight is 306 g/mol. The number of rotatable bonds is 0. The Hall–Kier alpha value is -1.12. The lowest BCUT2D eigenvalue weighted by Gasteiger charge is -2.18. The summed E-state index contributed by atoms with van der Waals surface area (Å²) < 4.78 is 2.19. The van der Waals surface area contributed by atoms with Gasteiger partial charge in [-0.15, -0.1) is 11.6 Å². The lowest BCUT2D eigenvalue weighted by atomic mass is 10.0. The zero-order valence-electron chi connectivity index (χ0n) is 12.4. The molecule has 0 aromatic heterocycles. The van der Waals surface area contributed by atoms with Crippen molar-refractivity contribution in [2.24, 2.45) is 0 Å². The molecule has 1 aliphatic rings. The molecular formula is C17H20ClNS. The zero-order valence-corrected chi connectivity index (χ0v) is 13.9. The van der Waals surface area contributed by atoms with Crippen LogP contribution in [0.5, 0.6) is 0 Å². The largest absolute Gasteiger partial charge is 0.315 e. The fourth-order valence-corrected chi connectivity index (χ4v) is 3.81. The van der Waals surface area contributed by atoms with Gasteiger partial charge in [-0.25, -0.2) is 0 Å². The number of halogens is 1. The van der Waals surface area contributed by atoms with E-state index in [1.807, 2.05) is 19.9 Å². The van der Waals surface area contributed by atoms with Gasteiger partial charge in [0.15, 0.2) is 0 Å². The molecule has 0 N–H and O–H groups in total. The maximum Gasteiger partial charge on any atom is 0.0867 e. The molecule has 1 atom stereocenters. The molecule has 3 heteroatoms. The third kappa shape index (κ3) is 2.82. The van der Waals surface area contributed by atoms with E-state index in [2.05, 4.69) is 54.7 Å². The minimum absolute atomic E-state index is 0.0748. The summed E-state index contributed by atoms with van der Waals surface area (Å²) in [6, 6.07) is 14.8. The number of fused-ring (bicyclic) bond motifs is 2. The van der Waals surface area contributed by atoms with Gasteiger partial charge in [-0.3, -0.25) is 0 Å². The van der Waals surface area contributed by atoms with E-state index in [0.29, 0.717) is 0 Å². The quantitative estimate of drug-likeness (QED) is 0.446. The van der Waals surface area contributed by atoms with E-state index in [1.54, 1.807) is 11.9 Å². The molecule has 0 radical (unpaired) electrons. The summed E-state index contributed by atoms with van der Waals surface area (Å²) in [4.78, 5) is 1.24. The molecule has 0 fully saturated rings. The Morgan fingerprint density at radius 2 is 1.75 bits per heavy atom. The maximum absolute atomic E-state index is 6.66. The van der Waals surface area contributed by atoms with Crippen LogP contribution in [-0.4, -0.2) is 7.05 Å². The van der Waals surface area contributed by atoms with Crippen molar-refractivity contribution in [1.29, 1.82) is 0 Å². The van der Waals surface area contributed by atoms with Crippen molar-refractivity contribution in [1.82, 2.24) is 0 Å². The van der Waals surface area contributed by atoms with Crippen molar-refractivity contribution >= 4 is 29.2 Å². The second-order valence-electron chi connectivity index (χ2n) is 4.55. The summed E-state index contributed by atoms with van der Waals surface area (Å²) in [6.07, 6.45) is 0. The molecule has 0 bridgehead atoms. The zero-order chi connectivity index (χ0) is 14.7. The number of hydrogen-bond donors (Lipinski definition) is 0. The monoisotopic (exact) mass is 305 g/mol. The topological polar surface area (TPSA) is 3.24 Å². The third-order valence-corrected chi connectivity index (χ3v) is 4.72. The molecule has 3 rings (SSSR count). The molecule has 1 heterocycles. The van der Waals surface area contributed by atoms with E-state index in [9.17, 15) is 0 Å². The standard InChI is InChI=1S/C15H14ClNS.C2H6/c1-10-7-8-12-14(9-10)18-17(2)13-6-4-3-5-11(13)15(12)16;1-2/h3-9,15H,1-2H3;1-2H3. The van der Waals surface area contributed by atoms with Crippen LogP contribution in [0.2, 0.25) is 0 Å². The van der Waals surface area contributed by atoms with Gasteiger partial charge in [0.1, 0.15) is 0 Å². The molecule has 2 aromatic carbocycles. The van der Waals surface area contributed by atoms with Crippen LogP contribution in [0, 0.1) is 6.92 Å². The van der Waals surface area contributed by atoms with Crippen molar-refractivity contribution < 1.29 is 0 Å². The average Bonchev–Trinajstić information content (AvgIpc) is 2.58. The van der Waals surface area contributed by atoms with E-state index < -0.39 is 0 Å². The molecule has 106 valence electrons. The molecule has 1 unspecified atom stereocenters. The smallest absolute Gasteiger partial charge is 0.0867 e. The fourth-order valence-electron chi connectivity index (χ4n) is 2.28. The summed E-state index contributed by atoms with van der Waals surface area (Å²) in [6.45, 7) is 6.11. The number of para-hydroxylation sites is 1. The van der Waals surface area contributed by atoms with Gasteiger partial charge >= 0.3 is 0 Å². The first-order chi connectivity index (χ1) is 9.66. The van der Waals surface area contributed by atoms with Crippen molar-refractivity contribution in [3.63, 3.8) is 0 Å². The van der Waals surface area contributed by atoms with Crippen molar-refractivity contribution in [2.45, 2.75) is 31.0 Å². The van der Waals surface area contributed by atoms with Crippen LogP contribution in [0.3, 0.4) is 0 Å². The van der Waals surface area contributed by atoms with Crippen LogP contribution in [0.1, 0.15) is 35.9 Å². The number of alkyl halides is 1. The Labute approximate surface area is 131 Å². The molecule has 20 heavy (non-hydrogen) atoms. The number of benzene rings is 2. The normalized spacial score (nSPS) is 16.4. The summed E-state index contributed by atoms with van der Waals surface area (Å²) in [5, 5.41) is -0.0748. The Morgan fingerprint density at radius 1 is 1.05 bits per heavy atom. The van der Waals surface area contributed by atoms with Gasteiger partial charge in [0.2, 0.25) is 0 Å². The lowest BCUT2D eigenvalue weighted by molar-refractivity contribution is 1.09. The highest BCUT2D eigenvalue weighted by atomic mass is 35.5. The predicted octanol–water partition coefficient (Wildman–Crippen LogP) is 5.81. The first kappa shape index (κ1) is 15.3. The van der Waals surface area contributed by atoms with Crippen LogP contribution in [0.15, 0.2) is 47.4 Å². The first-order valence-electron chi connectivity index (χ1n) is 6.92. The van der Waals surface area contributed by atoms with E-state index in [-0.39, 0.29) is 5.38 Å². The second kappa shape index (κ2) is 6.55. The molecule has 0 saturated carbocycles. The molecule has 0 amide bonds. The highest BCUT2D eigenvalue weighted by Crippen LogP contribution is 2.45. The molecule has 1 nitrogen and oxygen atoms in total. The molecule has 1 aliphatic heterocycles. The van der Waals surface area contributed by atoms with E-state index in [1.165, 1.54) is 27.3 Å². The maximum atomic E-state index is 6.66. The van der Waals surface area contributed by atoms with Gasteiger partial charge in [-0.1, -0.05) is 44.2 Å². The van der Waals surface area contributed by atoms with Gasteiger partial charge in [-0.05, 0) is 47.7 Å². The fraction of sp³-hybridized carbons (Fsp3) is 0.294. The van der Waals surface area contributed by atoms with Crippen LogP contribution in [0.4, 0.5) is 5.69 Å². The third-order valence-electron chi connectivity index (χ3n) is 3.23. The lowest BCUT2D eigenvalue weighted by Crippen LogP contribution is -2.06. The molecular weight excluding hydrogens is 286 g/mol. The van der Waals surface area contributed by atoms with E-state index in [0.717, 1.165) is 0 Å². The highest BCUT2D eigenvalue weighted by Gasteiger charge is 2.24. The Balaban J connectivity index is 0.000000704. The second-order valence-corrected chi connectivity index (χ2v) is 6.16. The predicted molar refractivity (Wildman–Crippen MR) is 90.9 cm³/mol. The van der Waals surface area contributed by atoms with Crippen LogP contribution in [0.25, 0.3) is 0 Å². The SMILES string of the molecule is CC.Cc1ccc2c(c1)SN(C)c1ccccc1C2Cl. The highest BCUT2D eigenvalue weighted by molar-refractivity contribution is 8.00. The summed E-state index contributed by atoms with van der Waals surface area (Å²) in [5.41, 5.74) is 4.83. The number of nitrogens with zero attached hydrogens (tertiary/aromatic N) is 1. The van der Waals surface area contributed by atoms with Gasteiger partial charge < -0.3 is 4.31 Å². The number of hydrogen-bond acceptors (Lipinski definition) is 2. The molecule has 0 saturated heterocycles. The summed E-state index contributed by atoms with van der Waals surface area (Å²) in [7, 11) is 2.09.